The molecule has 0 aliphatic heterocycles. The molecule has 3 nitrogen and oxygen atoms in total. The summed E-state index contributed by atoms with van der Waals surface area (Å²) in [7, 11) is 0. The largest absolute Gasteiger partial charge is 0.465 e. The van der Waals surface area contributed by atoms with Gasteiger partial charge < -0.3 is 4.74 Å². The monoisotopic (exact) mass is 232 g/mol. The zero-order chi connectivity index (χ0) is 11.5. The zero-order valence-electron chi connectivity index (χ0n) is 9.58. The molecule has 0 aliphatic rings. The predicted octanol–water partition coefficient (Wildman–Crippen LogP) is 2.43. The molecule has 0 amide bonds. The summed E-state index contributed by atoms with van der Waals surface area (Å²) in [5.41, 5.74) is 0. The lowest BCUT2D eigenvalue weighted by atomic mass is 10.2. The first-order chi connectivity index (χ1) is 7.20. The van der Waals surface area contributed by atoms with Crippen molar-refractivity contribution in [3.05, 3.63) is 0 Å². The van der Waals surface area contributed by atoms with Crippen LogP contribution in [0.15, 0.2) is 0 Å². The van der Waals surface area contributed by atoms with Crippen LogP contribution in [0.5, 0.6) is 0 Å². The average Bonchev–Trinajstić information content (AvgIpc) is 2.21. The van der Waals surface area contributed by atoms with Crippen LogP contribution in [0.1, 0.15) is 39.5 Å². The number of rotatable bonds is 9. The van der Waals surface area contributed by atoms with Crippen LogP contribution in [0.2, 0.25) is 0 Å². The van der Waals surface area contributed by atoms with E-state index in [9.17, 15) is 9.59 Å². The van der Waals surface area contributed by atoms with Crippen molar-refractivity contribution in [2.24, 2.45) is 0 Å². The SMILES string of the molecule is CCCOC(=O)CC(=O)CCSCCC. The maximum absolute atomic E-state index is 11.3. The van der Waals surface area contributed by atoms with Crippen LogP contribution in [0.4, 0.5) is 0 Å². The Bertz CT molecular complexity index is 192. The number of carbonyl (C=O) groups is 2. The van der Waals surface area contributed by atoms with Gasteiger partial charge in [-0.1, -0.05) is 13.8 Å². The maximum Gasteiger partial charge on any atom is 0.313 e. The molecular formula is C11H20O3S. The number of hydrogen-bond acceptors (Lipinski definition) is 4. The van der Waals surface area contributed by atoms with E-state index < -0.39 is 0 Å². The summed E-state index contributed by atoms with van der Waals surface area (Å²) in [4.78, 5) is 22.3. The fourth-order valence-electron chi connectivity index (χ4n) is 0.949. The molecule has 0 heterocycles. The summed E-state index contributed by atoms with van der Waals surface area (Å²) >= 11 is 1.75. The third-order valence-corrected chi connectivity index (χ3v) is 2.87. The molecule has 4 heteroatoms. The highest BCUT2D eigenvalue weighted by atomic mass is 32.2. The minimum Gasteiger partial charge on any atom is -0.465 e. The number of ether oxygens (including phenoxy) is 1. The molecule has 0 spiro atoms. The third-order valence-electron chi connectivity index (χ3n) is 1.68. The summed E-state index contributed by atoms with van der Waals surface area (Å²) in [6.07, 6.45) is 2.34. The minimum absolute atomic E-state index is 0.0142. The summed E-state index contributed by atoms with van der Waals surface area (Å²) in [5.74, 6) is 1.49. The van der Waals surface area contributed by atoms with E-state index in [-0.39, 0.29) is 18.2 Å². The summed E-state index contributed by atoms with van der Waals surface area (Å²) in [5, 5.41) is 0. The molecule has 88 valence electrons. The molecule has 0 aromatic rings. The number of ketones is 1. The van der Waals surface area contributed by atoms with Crippen molar-refractivity contribution < 1.29 is 14.3 Å². The van der Waals surface area contributed by atoms with E-state index in [0.29, 0.717) is 13.0 Å². The molecule has 0 saturated heterocycles. The van der Waals surface area contributed by atoms with E-state index in [1.807, 2.05) is 6.92 Å². The standard InChI is InChI=1S/C11H20O3S/c1-3-6-14-11(13)9-10(12)5-8-15-7-4-2/h3-9H2,1-2H3. The molecule has 0 bridgehead atoms. The fraction of sp³-hybridized carbons (Fsp3) is 0.818. The van der Waals surface area contributed by atoms with Gasteiger partial charge in [-0.3, -0.25) is 9.59 Å². The molecule has 0 saturated carbocycles. The van der Waals surface area contributed by atoms with Crippen molar-refractivity contribution in [3.63, 3.8) is 0 Å². The van der Waals surface area contributed by atoms with Gasteiger partial charge in [0.05, 0.1) is 6.61 Å². The van der Waals surface area contributed by atoms with Crippen molar-refractivity contribution in [1.29, 1.82) is 0 Å². The molecule has 0 radical (unpaired) electrons. The van der Waals surface area contributed by atoms with Gasteiger partial charge in [0, 0.05) is 12.2 Å². The molecule has 0 fully saturated rings. The van der Waals surface area contributed by atoms with Gasteiger partial charge in [-0.25, -0.2) is 0 Å². The van der Waals surface area contributed by atoms with E-state index in [1.54, 1.807) is 11.8 Å². The second kappa shape index (κ2) is 10.0. The van der Waals surface area contributed by atoms with Gasteiger partial charge in [-0.15, -0.1) is 0 Å². The Morgan fingerprint density at radius 2 is 1.87 bits per heavy atom. The Kier molecular flexibility index (Phi) is 9.68. The number of thioether (sulfide) groups is 1. The van der Waals surface area contributed by atoms with E-state index >= 15 is 0 Å². The quantitative estimate of drug-likeness (QED) is 0.348. The second-order valence-electron chi connectivity index (χ2n) is 3.30. The fourth-order valence-corrected chi connectivity index (χ4v) is 1.81. The number of hydrogen-bond donors (Lipinski definition) is 0. The first-order valence-electron chi connectivity index (χ1n) is 5.45. The van der Waals surface area contributed by atoms with Crippen LogP contribution in [0.3, 0.4) is 0 Å². The van der Waals surface area contributed by atoms with Gasteiger partial charge in [0.15, 0.2) is 0 Å². The molecular weight excluding hydrogens is 212 g/mol. The molecule has 0 rings (SSSR count). The van der Waals surface area contributed by atoms with Crippen molar-refractivity contribution in [2.75, 3.05) is 18.1 Å². The summed E-state index contributed by atoms with van der Waals surface area (Å²) < 4.78 is 4.82. The van der Waals surface area contributed by atoms with Crippen molar-refractivity contribution in [2.45, 2.75) is 39.5 Å². The molecule has 0 aromatic carbocycles. The maximum atomic E-state index is 11.3. The number of carbonyl (C=O) groups excluding carboxylic acids is 2. The normalized spacial score (nSPS) is 10.0. The lowest BCUT2D eigenvalue weighted by Crippen LogP contribution is -2.12. The molecule has 0 atom stereocenters. The summed E-state index contributed by atoms with van der Waals surface area (Å²) in [6, 6.07) is 0. The van der Waals surface area contributed by atoms with Crippen LogP contribution in [-0.4, -0.2) is 29.9 Å². The van der Waals surface area contributed by atoms with E-state index in [2.05, 4.69) is 6.92 Å². The molecule has 0 aromatic heterocycles. The first-order valence-corrected chi connectivity index (χ1v) is 6.61. The lowest BCUT2D eigenvalue weighted by Gasteiger charge is -2.02. The van der Waals surface area contributed by atoms with Gasteiger partial charge in [0.2, 0.25) is 0 Å². The van der Waals surface area contributed by atoms with Gasteiger partial charge >= 0.3 is 5.97 Å². The topological polar surface area (TPSA) is 43.4 Å². The Labute approximate surface area is 95.9 Å². The van der Waals surface area contributed by atoms with Crippen LogP contribution in [0, 0.1) is 0 Å². The van der Waals surface area contributed by atoms with Crippen LogP contribution in [0.25, 0.3) is 0 Å². The highest BCUT2D eigenvalue weighted by molar-refractivity contribution is 7.99. The first kappa shape index (κ1) is 14.5. The number of esters is 1. The van der Waals surface area contributed by atoms with Gasteiger partial charge in [-0.05, 0) is 18.6 Å². The van der Waals surface area contributed by atoms with Crippen LogP contribution in [-0.2, 0) is 14.3 Å². The Morgan fingerprint density at radius 1 is 1.13 bits per heavy atom. The third kappa shape index (κ3) is 9.79. The van der Waals surface area contributed by atoms with Crippen molar-refractivity contribution in [3.8, 4) is 0 Å². The van der Waals surface area contributed by atoms with E-state index in [1.165, 1.54) is 0 Å². The molecule has 0 aliphatic carbocycles. The van der Waals surface area contributed by atoms with Gasteiger partial charge in [0.25, 0.3) is 0 Å². The zero-order valence-corrected chi connectivity index (χ0v) is 10.4. The smallest absolute Gasteiger partial charge is 0.313 e. The highest BCUT2D eigenvalue weighted by Crippen LogP contribution is 2.05. The van der Waals surface area contributed by atoms with Crippen LogP contribution >= 0.6 is 11.8 Å². The molecule has 15 heavy (non-hydrogen) atoms. The predicted molar refractivity (Wildman–Crippen MR) is 63.1 cm³/mol. The highest BCUT2D eigenvalue weighted by Gasteiger charge is 2.09. The molecule has 0 unspecified atom stereocenters. The van der Waals surface area contributed by atoms with Crippen molar-refractivity contribution >= 4 is 23.5 Å². The Balaban J connectivity index is 3.43. The lowest BCUT2D eigenvalue weighted by molar-refractivity contribution is -0.146. The van der Waals surface area contributed by atoms with Gasteiger partial charge in [-0.2, -0.15) is 11.8 Å². The Hall–Kier alpha value is -0.510. The van der Waals surface area contributed by atoms with Crippen molar-refractivity contribution in [1.82, 2.24) is 0 Å². The van der Waals surface area contributed by atoms with Gasteiger partial charge in [0.1, 0.15) is 12.2 Å². The Morgan fingerprint density at radius 3 is 2.47 bits per heavy atom. The number of Topliss-reactive ketones (excluding diaryl/α,β-unsaturated/α-hetero) is 1. The minimum atomic E-state index is -0.387. The summed E-state index contributed by atoms with van der Waals surface area (Å²) in [6.45, 7) is 4.45. The average molecular weight is 232 g/mol. The second-order valence-corrected chi connectivity index (χ2v) is 4.52. The van der Waals surface area contributed by atoms with Crippen LogP contribution < -0.4 is 0 Å². The van der Waals surface area contributed by atoms with E-state index in [4.69, 9.17) is 4.74 Å². The molecule has 0 N–H and O–H groups in total. The van der Waals surface area contributed by atoms with E-state index in [0.717, 1.165) is 24.3 Å².